The van der Waals surface area contributed by atoms with Crippen LogP contribution in [0, 0.1) is 56.7 Å². The summed E-state index contributed by atoms with van der Waals surface area (Å²) in [7, 11) is 0. The van der Waals surface area contributed by atoms with Crippen LogP contribution in [-0.4, -0.2) is 29.4 Å². The molecule has 0 saturated heterocycles. The highest BCUT2D eigenvalue weighted by atomic mass is 32.1. The van der Waals surface area contributed by atoms with E-state index in [1.54, 1.807) is 0 Å². The topological polar surface area (TPSA) is 49.3 Å². The number of fused-ring (bicyclic) bond motifs is 7. The summed E-state index contributed by atoms with van der Waals surface area (Å²) in [4.78, 5) is 12.8. The second kappa shape index (κ2) is 8.77. The van der Waals surface area contributed by atoms with E-state index < -0.39 is 11.4 Å². The maximum absolute atomic E-state index is 12.8. The van der Waals surface area contributed by atoms with Gasteiger partial charge in [0.25, 0.3) is 0 Å². The van der Waals surface area contributed by atoms with Crippen molar-refractivity contribution in [3.63, 3.8) is 0 Å². The predicted octanol–water partition coefficient (Wildman–Crippen LogP) is 7.62. The Balaban J connectivity index is 1.51. The molecule has 0 aliphatic heterocycles. The Morgan fingerprint density at radius 3 is 2.28 bits per heavy atom. The van der Waals surface area contributed by atoms with Crippen molar-refractivity contribution in [3.8, 4) is 0 Å². The van der Waals surface area contributed by atoms with Crippen LogP contribution < -0.4 is 5.32 Å². The first kappa shape index (κ1) is 27.1. The third-order valence-electron chi connectivity index (χ3n) is 14.0. The molecule has 0 radical (unpaired) electrons. The minimum Gasteiger partial charge on any atom is -0.481 e. The third kappa shape index (κ3) is 3.37. The van der Waals surface area contributed by atoms with Gasteiger partial charge in [0.05, 0.1) is 5.41 Å². The maximum atomic E-state index is 12.8. The quantitative estimate of drug-likeness (QED) is 0.261. The molecule has 0 aromatic carbocycles. The summed E-state index contributed by atoms with van der Waals surface area (Å²) in [6.07, 6.45) is 11.5. The van der Waals surface area contributed by atoms with E-state index in [4.69, 9.17) is 0 Å². The molecule has 4 heteroatoms. The second-order valence-corrected chi connectivity index (χ2v) is 15.7. The highest BCUT2D eigenvalue weighted by molar-refractivity contribution is 7.80. The summed E-state index contributed by atoms with van der Waals surface area (Å²) in [5.41, 5.74) is 1.87. The zero-order chi connectivity index (χ0) is 26.3. The zero-order valence-electron chi connectivity index (χ0n) is 24.0. The fourth-order valence-electron chi connectivity index (χ4n) is 12.1. The van der Waals surface area contributed by atoms with Crippen LogP contribution >= 0.6 is 12.6 Å². The zero-order valence-corrected chi connectivity index (χ0v) is 24.9. The number of carbonyl (C=O) groups is 1. The average Bonchev–Trinajstić information content (AvgIpc) is 3.20. The van der Waals surface area contributed by atoms with E-state index in [-0.39, 0.29) is 22.2 Å². The Labute approximate surface area is 226 Å². The van der Waals surface area contributed by atoms with Crippen LogP contribution in [0.15, 0.2) is 12.2 Å². The number of nitrogens with one attached hydrogen (secondary N) is 1. The van der Waals surface area contributed by atoms with Gasteiger partial charge in [-0.05, 0) is 122 Å². The molecule has 5 aliphatic rings. The van der Waals surface area contributed by atoms with Gasteiger partial charge in [0.2, 0.25) is 0 Å². The van der Waals surface area contributed by atoms with Crippen molar-refractivity contribution < 1.29 is 9.90 Å². The Kier molecular flexibility index (Phi) is 6.60. The standard InChI is InChI=1S/C32H53NO2S/c1-20(2)21-10-15-32(27(34)35)17-16-30(6)22(26(21)32)8-9-24-29(5)13-12-25(33-18-19-36)28(3,4)23(29)11-14-31(24,30)7/h21-26,33,36H,1,8-19H2,2-7H3,(H,34,35)/t21-,22+,23-,24+,25?,26+,29-,30+,31+,32-/m0/s1. The molecule has 5 aliphatic carbocycles. The third-order valence-corrected chi connectivity index (χ3v) is 14.3. The first-order valence-corrected chi connectivity index (χ1v) is 15.7. The molecule has 5 saturated carbocycles. The van der Waals surface area contributed by atoms with Crippen LogP contribution in [0.25, 0.3) is 0 Å². The van der Waals surface area contributed by atoms with E-state index in [9.17, 15) is 9.90 Å². The van der Waals surface area contributed by atoms with Crippen molar-refractivity contribution in [2.75, 3.05) is 12.3 Å². The van der Waals surface area contributed by atoms with Crippen molar-refractivity contribution in [2.24, 2.45) is 56.7 Å². The molecule has 1 unspecified atom stereocenters. The first-order valence-electron chi connectivity index (χ1n) is 15.0. The van der Waals surface area contributed by atoms with Crippen molar-refractivity contribution in [3.05, 3.63) is 12.2 Å². The molecular formula is C32H53NO2S. The largest absolute Gasteiger partial charge is 0.481 e. The lowest BCUT2D eigenvalue weighted by Crippen LogP contribution is -2.67. The van der Waals surface area contributed by atoms with Crippen LogP contribution in [0.3, 0.4) is 0 Å². The lowest BCUT2D eigenvalue weighted by Gasteiger charge is -2.73. The van der Waals surface area contributed by atoms with Gasteiger partial charge in [0, 0.05) is 18.3 Å². The van der Waals surface area contributed by atoms with E-state index in [1.165, 1.54) is 44.1 Å². The highest BCUT2D eigenvalue weighted by Gasteiger charge is 2.72. The molecule has 0 aromatic heterocycles. The van der Waals surface area contributed by atoms with E-state index in [0.717, 1.165) is 49.8 Å². The van der Waals surface area contributed by atoms with Crippen molar-refractivity contribution in [1.29, 1.82) is 0 Å². The summed E-state index contributed by atoms with van der Waals surface area (Å²) in [6.45, 7) is 20.6. The Morgan fingerprint density at radius 1 is 0.917 bits per heavy atom. The van der Waals surface area contributed by atoms with E-state index in [2.05, 4.69) is 66.1 Å². The van der Waals surface area contributed by atoms with Gasteiger partial charge in [-0.15, -0.1) is 0 Å². The number of carboxylic acids is 1. The molecule has 0 bridgehead atoms. The fourth-order valence-corrected chi connectivity index (χ4v) is 12.3. The van der Waals surface area contributed by atoms with Crippen LogP contribution in [0.5, 0.6) is 0 Å². The average molecular weight is 516 g/mol. The van der Waals surface area contributed by atoms with Crippen molar-refractivity contribution in [1.82, 2.24) is 5.32 Å². The molecule has 3 nitrogen and oxygen atoms in total. The highest BCUT2D eigenvalue weighted by Crippen LogP contribution is 2.77. The maximum Gasteiger partial charge on any atom is 0.309 e. The van der Waals surface area contributed by atoms with E-state index in [0.29, 0.717) is 23.3 Å². The lowest BCUT2D eigenvalue weighted by molar-refractivity contribution is -0.240. The summed E-state index contributed by atoms with van der Waals surface area (Å²) in [5, 5.41) is 14.4. The molecule has 0 aromatic rings. The molecule has 36 heavy (non-hydrogen) atoms. The van der Waals surface area contributed by atoms with Crippen LogP contribution in [-0.2, 0) is 4.79 Å². The van der Waals surface area contributed by atoms with Crippen LogP contribution in [0.4, 0.5) is 0 Å². The second-order valence-electron chi connectivity index (χ2n) is 15.2. The predicted molar refractivity (Wildman–Crippen MR) is 152 cm³/mol. The van der Waals surface area contributed by atoms with Gasteiger partial charge in [-0.1, -0.05) is 46.8 Å². The molecule has 2 N–H and O–H groups in total. The number of rotatable bonds is 5. The number of hydrogen-bond acceptors (Lipinski definition) is 3. The normalized spacial score (nSPS) is 51.4. The van der Waals surface area contributed by atoms with Gasteiger partial charge < -0.3 is 10.4 Å². The molecule has 0 amide bonds. The monoisotopic (exact) mass is 515 g/mol. The number of hydrogen-bond donors (Lipinski definition) is 3. The van der Waals surface area contributed by atoms with Crippen LogP contribution in [0.1, 0.15) is 106 Å². The summed E-state index contributed by atoms with van der Waals surface area (Å²) >= 11 is 4.47. The molecule has 5 fully saturated rings. The minimum atomic E-state index is -0.518. The minimum absolute atomic E-state index is 0.219. The molecule has 0 heterocycles. The number of allylic oxidation sites excluding steroid dienone is 1. The Bertz CT molecular complexity index is 916. The van der Waals surface area contributed by atoms with Crippen LogP contribution in [0.2, 0.25) is 0 Å². The Morgan fingerprint density at radius 2 is 1.64 bits per heavy atom. The number of carboxylic acid groups (broad SMARTS) is 1. The van der Waals surface area contributed by atoms with Gasteiger partial charge in [-0.25, -0.2) is 0 Å². The Hall–Kier alpha value is -0.480. The van der Waals surface area contributed by atoms with Gasteiger partial charge in [0.1, 0.15) is 0 Å². The first-order chi connectivity index (χ1) is 16.8. The van der Waals surface area contributed by atoms with Gasteiger partial charge in [-0.2, -0.15) is 12.6 Å². The van der Waals surface area contributed by atoms with Gasteiger partial charge >= 0.3 is 5.97 Å². The summed E-state index contributed by atoms with van der Waals surface area (Å²) in [6, 6.07) is 0.583. The molecule has 5 rings (SSSR count). The molecular weight excluding hydrogens is 462 g/mol. The molecule has 204 valence electrons. The molecule has 0 spiro atoms. The fraction of sp³-hybridized carbons (Fsp3) is 0.906. The van der Waals surface area contributed by atoms with Gasteiger partial charge in [0.15, 0.2) is 0 Å². The lowest BCUT2D eigenvalue weighted by atomic mass is 9.32. The number of thiol groups is 1. The van der Waals surface area contributed by atoms with Crippen molar-refractivity contribution in [2.45, 2.75) is 112 Å². The van der Waals surface area contributed by atoms with E-state index >= 15 is 0 Å². The van der Waals surface area contributed by atoms with Gasteiger partial charge in [-0.3, -0.25) is 4.79 Å². The summed E-state index contributed by atoms with van der Waals surface area (Å²) in [5.74, 6) is 3.02. The molecule has 10 atom stereocenters. The number of aliphatic carboxylic acids is 1. The van der Waals surface area contributed by atoms with Crippen molar-refractivity contribution >= 4 is 18.6 Å². The summed E-state index contributed by atoms with van der Waals surface area (Å²) < 4.78 is 0. The smallest absolute Gasteiger partial charge is 0.309 e. The SMILES string of the molecule is C=C(C)[C@@H]1CC[C@]2(C(=O)O)CC[C@]3(C)[C@H](CC[C@@H]4[C@@]5(C)CCC(NCCS)C(C)(C)[C@@H]5CC[C@]43C)[C@@H]12. The van der Waals surface area contributed by atoms with E-state index in [1.807, 2.05) is 0 Å².